The molecule has 5 heteroatoms. The maximum Gasteiger partial charge on any atom is 0.239 e. The average Bonchev–Trinajstić information content (AvgIpc) is 2.47. The van der Waals surface area contributed by atoms with Crippen LogP contribution >= 0.6 is 0 Å². The summed E-state index contributed by atoms with van der Waals surface area (Å²) < 4.78 is 0. The van der Waals surface area contributed by atoms with Crippen LogP contribution < -0.4 is 10.6 Å². The molecule has 1 fully saturated rings. The van der Waals surface area contributed by atoms with Crippen LogP contribution in [0.1, 0.15) is 46.0 Å². The minimum absolute atomic E-state index is 0.0952. The van der Waals surface area contributed by atoms with Crippen LogP contribution in [-0.2, 0) is 9.59 Å². The van der Waals surface area contributed by atoms with Crippen molar-refractivity contribution < 1.29 is 9.59 Å². The van der Waals surface area contributed by atoms with Crippen molar-refractivity contribution in [2.24, 2.45) is 5.41 Å². The standard InChI is InChI=1S/C15H29N3O2/c1-4-7-15(8-6-9-17-12-15)14(20)18(10-5-2)11-13(19)16-3/h17H,4-12H2,1-3H3,(H,16,19). The number of hydrogen-bond acceptors (Lipinski definition) is 3. The Hall–Kier alpha value is -1.10. The maximum absolute atomic E-state index is 13.0. The summed E-state index contributed by atoms with van der Waals surface area (Å²) in [4.78, 5) is 26.3. The summed E-state index contributed by atoms with van der Waals surface area (Å²) >= 11 is 0. The van der Waals surface area contributed by atoms with E-state index >= 15 is 0 Å². The van der Waals surface area contributed by atoms with Crippen LogP contribution in [-0.4, -0.2) is 49.9 Å². The highest BCUT2D eigenvalue weighted by atomic mass is 16.2. The molecule has 1 rings (SSSR count). The first-order chi connectivity index (χ1) is 9.59. The molecule has 1 heterocycles. The fraction of sp³-hybridized carbons (Fsp3) is 0.867. The van der Waals surface area contributed by atoms with Crippen molar-refractivity contribution in [1.82, 2.24) is 15.5 Å². The van der Waals surface area contributed by atoms with Gasteiger partial charge in [-0.1, -0.05) is 20.3 Å². The SMILES string of the molecule is CCCN(CC(=O)NC)C(=O)C1(CCC)CCCNC1. The molecule has 2 amide bonds. The molecule has 0 saturated carbocycles. The molecule has 1 saturated heterocycles. The van der Waals surface area contributed by atoms with E-state index in [0.717, 1.165) is 45.2 Å². The molecule has 20 heavy (non-hydrogen) atoms. The van der Waals surface area contributed by atoms with Gasteiger partial charge in [0, 0.05) is 20.1 Å². The Bertz CT molecular complexity index is 320. The number of amides is 2. The fourth-order valence-corrected chi connectivity index (χ4v) is 3.06. The molecule has 116 valence electrons. The lowest BCUT2D eigenvalue weighted by molar-refractivity contribution is -0.146. The molecule has 0 aromatic heterocycles. The minimum atomic E-state index is -0.309. The number of rotatable bonds is 7. The van der Waals surface area contributed by atoms with Crippen molar-refractivity contribution in [3.8, 4) is 0 Å². The zero-order chi connectivity index (χ0) is 15.0. The number of piperidine rings is 1. The largest absolute Gasteiger partial charge is 0.358 e. The molecule has 0 aromatic rings. The predicted molar refractivity (Wildman–Crippen MR) is 80.4 cm³/mol. The summed E-state index contributed by atoms with van der Waals surface area (Å²) in [6.45, 7) is 6.71. The summed E-state index contributed by atoms with van der Waals surface area (Å²) in [5.41, 5.74) is -0.309. The van der Waals surface area contributed by atoms with E-state index in [1.54, 1.807) is 11.9 Å². The Kier molecular flexibility index (Phi) is 6.99. The second kappa shape index (κ2) is 8.25. The number of hydrogen-bond donors (Lipinski definition) is 2. The third kappa shape index (κ3) is 4.20. The molecule has 1 atom stereocenters. The molecular weight excluding hydrogens is 254 g/mol. The van der Waals surface area contributed by atoms with E-state index in [0.29, 0.717) is 6.54 Å². The van der Waals surface area contributed by atoms with Crippen LogP contribution in [0.3, 0.4) is 0 Å². The number of carbonyl (C=O) groups excluding carboxylic acids is 2. The highest BCUT2D eigenvalue weighted by Gasteiger charge is 2.41. The first-order valence-electron chi connectivity index (χ1n) is 7.80. The maximum atomic E-state index is 13.0. The minimum Gasteiger partial charge on any atom is -0.358 e. The normalized spacial score (nSPS) is 22.4. The van der Waals surface area contributed by atoms with Gasteiger partial charge in [-0.15, -0.1) is 0 Å². The Morgan fingerprint density at radius 2 is 2.05 bits per heavy atom. The monoisotopic (exact) mass is 283 g/mol. The topological polar surface area (TPSA) is 61.4 Å². The van der Waals surface area contributed by atoms with Gasteiger partial charge in [-0.25, -0.2) is 0 Å². The lowest BCUT2D eigenvalue weighted by Crippen LogP contribution is -2.53. The van der Waals surface area contributed by atoms with E-state index in [2.05, 4.69) is 17.6 Å². The first-order valence-corrected chi connectivity index (χ1v) is 7.80. The lowest BCUT2D eigenvalue weighted by atomic mass is 9.75. The summed E-state index contributed by atoms with van der Waals surface area (Å²) in [6, 6.07) is 0. The highest BCUT2D eigenvalue weighted by Crippen LogP contribution is 2.33. The second-order valence-electron chi connectivity index (χ2n) is 5.71. The first kappa shape index (κ1) is 17.0. The van der Waals surface area contributed by atoms with Crippen molar-refractivity contribution in [3.63, 3.8) is 0 Å². The van der Waals surface area contributed by atoms with Crippen LogP contribution in [0.25, 0.3) is 0 Å². The van der Waals surface area contributed by atoms with Gasteiger partial charge in [0.1, 0.15) is 0 Å². The number of carbonyl (C=O) groups is 2. The Balaban J connectivity index is 2.85. The summed E-state index contributed by atoms with van der Waals surface area (Å²) in [5.74, 6) is 0.0548. The van der Waals surface area contributed by atoms with E-state index in [-0.39, 0.29) is 23.8 Å². The van der Waals surface area contributed by atoms with Gasteiger partial charge in [0.2, 0.25) is 11.8 Å². The Morgan fingerprint density at radius 1 is 1.30 bits per heavy atom. The zero-order valence-corrected chi connectivity index (χ0v) is 13.1. The van der Waals surface area contributed by atoms with Crippen molar-refractivity contribution in [1.29, 1.82) is 0 Å². The summed E-state index contributed by atoms with van der Waals surface area (Å²) in [6.07, 6.45) is 4.73. The molecule has 0 aromatic carbocycles. The Morgan fingerprint density at radius 3 is 2.55 bits per heavy atom. The molecule has 1 aliphatic heterocycles. The van der Waals surface area contributed by atoms with Gasteiger partial charge in [0.25, 0.3) is 0 Å². The van der Waals surface area contributed by atoms with Crippen molar-refractivity contribution in [2.45, 2.75) is 46.0 Å². The lowest BCUT2D eigenvalue weighted by Gasteiger charge is -2.40. The van der Waals surface area contributed by atoms with E-state index in [4.69, 9.17) is 0 Å². The molecule has 0 aliphatic carbocycles. The molecule has 2 N–H and O–H groups in total. The number of likely N-dealkylation sites (N-methyl/N-ethyl adjacent to an activating group) is 1. The molecule has 0 bridgehead atoms. The smallest absolute Gasteiger partial charge is 0.239 e. The molecule has 1 unspecified atom stereocenters. The van der Waals surface area contributed by atoms with Gasteiger partial charge >= 0.3 is 0 Å². The number of nitrogens with one attached hydrogen (secondary N) is 2. The van der Waals surface area contributed by atoms with E-state index < -0.39 is 0 Å². The van der Waals surface area contributed by atoms with Crippen LogP contribution in [0, 0.1) is 5.41 Å². The molecule has 5 nitrogen and oxygen atoms in total. The fourth-order valence-electron chi connectivity index (χ4n) is 3.06. The van der Waals surface area contributed by atoms with Crippen LogP contribution in [0.4, 0.5) is 0 Å². The molecule has 0 radical (unpaired) electrons. The van der Waals surface area contributed by atoms with Gasteiger partial charge in [0.05, 0.1) is 12.0 Å². The van der Waals surface area contributed by atoms with E-state index in [1.165, 1.54) is 0 Å². The number of nitrogens with zero attached hydrogens (tertiary/aromatic N) is 1. The zero-order valence-electron chi connectivity index (χ0n) is 13.1. The Labute approximate surface area is 122 Å². The van der Waals surface area contributed by atoms with E-state index in [1.807, 2.05) is 6.92 Å². The van der Waals surface area contributed by atoms with Gasteiger partial charge < -0.3 is 15.5 Å². The second-order valence-corrected chi connectivity index (χ2v) is 5.71. The van der Waals surface area contributed by atoms with Crippen molar-refractivity contribution in [3.05, 3.63) is 0 Å². The predicted octanol–water partition coefficient (Wildman–Crippen LogP) is 1.14. The summed E-state index contributed by atoms with van der Waals surface area (Å²) in [7, 11) is 1.61. The van der Waals surface area contributed by atoms with Crippen molar-refractivity contribution in [2.75, 3.05) is 33.2 Å². The summed E-state index contributed by atoms with van der Waals surface area (Å²) in [5, 5.41) is 5.97. The highest BCUT2D eigenvalue weighted by molar-refractivity contribution is 5.88. The molecule has 1 aliphatic rings. The average molecular weight is 283 g/mol. The van der Waals surface area contributed by atoms with Crippen LogP contribution in [0.2, 0.25) is 0 Å². The molecule has 0 spiro atoms. The van der Waals surface area contributed by atoms with Gasteiger partial charge in [-0.2, -0.15) is 0 Å². The van der Waals surface area contributed by atoms with Gasteiger partial charge in [0.15, 0.2) is 0 Å². The van der Waals surface area contributed by atoms with E-state index in [9.17, 15) is 9.59 Å². The third-order valence-corrected chi connectivity index (χ3v) is 4.05. The molecular formula is C15H29N3O2. The van der Waals surface area contributed by atoms with Crippen LogP contribution in [0.5, 0.6) is 0 Å². The van der Waals surface area contributed by atoms with Crippen LogP contribution in [0.15, 0.2) is 0 Å². The van der Waals surface area contributed by atoms with Gasteiger partial charge in [-0.3, -0.25) is 9.59 Å². The third-order valence-electron chi connectivity index (χ3n) is 4.05. The van der Waals surface area contributed by atoms with Crippen molar-refractivity contribution >= 4 is 11.8 Å². The quantitative estimate of drug-likeness (QED) is 0.736. The van der Waals surface area contributed by atoms with Gasteiger partial charge in [-0.05, 0) is 32.2 Å².